The average molecular weight is 355 g/mol. The van der Waals surface area contributed by atoms with Crippen LogP contribution in [0.5, 0.6) is 0 Å². The lowest BCUT2D eigenvalue weighted by atomic mass is 10.0. The lowest BCUT2D eigenvalue weighted by Gasteiger charge is -2.17. The molecule has 2 aromatic rings. The topological polar surface area (TPSA) is 81.2 Å². The standard InChI is InChI=1S/C15H19ClN4O2S/c1-19-13-4-2-3-10(16)15(13)12(18-19)6-20-5-9-11(17)8-23(21,22)14(9)7-20/h2-4,9,11,14H,5-8,17H2,1H3/t9-,11+,14-/m0/s1. The van der Waals surface area contributed by atoms with E-state index in [0.29, 0.717) is 24.7 Å². The summed E-state index contributed by atoms with van der Waals surface area (Å²) in [5, 5.41) is 5.86. The average Bonchev–Trinajstić information content (AvgIpc) is 3.08. The number of rotatable bonds is 2. The summed E-state index contributed by atoms with van der Waals surface area (Å²) in [7, 11) is -1.17. The highest BCUT2D eigenvalue weighted by atomic mass is 35.5. The first-order chi connectivity index (χ1) is 10.9. The SMILES string of the molecule is Cn1nc(CN2C[C@H]3[C@H](N)CS(=O)(=O)[C@H]3C2)c2c(Cl)cccc21. The van der Waals surface area contributed by atoms with Crippen molar-refractivity contribution in [2.75, 3.05) is 18.8 Å². The van der Waals surface area contributed by atoms with E-state index in [0.717, 1.165) is 16.6 Å². The first-order valence-electron chi connectivity index (χ1n) is 7.66. The molecule has 23 heavy (non-hydrogen) atoms. The number of hydrogen-bond donors (Lipinski definition) is 1. The molecular formula is C15H19ClN4O2S. The number of benzene rings is 1. The molecule has 0 radical (unpaired) electrons. The lowest BCUT2D eigenvalue weighted by molar-refractivity contribution is 0.304. The third kappa shape index (κ3) is 2.38. The predicted octanol–water partition coefficient (Wildman–Crippen LogP) is 0.783. The van der Waals surface area contributed by atoms with Crippen molar-refractivity contribution in [2.24, 2.45) is 18.7 Å². The molecule has 2 aliphatic rings. The van der Waals surface area contributed by atoms with Crippen LogP contribution in [0.2, 0.25) is 5.02 Å². The summed E-state index contributed by atoms with van der Waals surface area (Å²) in [5.74, 6) is 0.152. The summed E-state index contributed by atoms with van der Waals surface area (Å²) in [6, 6.07) is 5.49. The van der Waals surface area contributed by atoms with E-state index in [1.807, 2.05) is 29.9 Å². The molecule has 0 aliphatic carbocycles. The van der Waals surface area contributed by atoms with Gasteiger partial charge >= 0.3 is 0 Å². The van der Waals surface area contributed by atoms with Gasteiger partial charge in [0.25, 0.3) is 0 Å². The van der Waals surface area contributed by atoms with Crippen molar-refractivity contribution in [3.8, 4) is 0 Å². The van der Waals surface area contributed by atoms with Crippen LogP contribution in [0, 0.1) is 5.92 Å². The number of aryl methyl sites for hydroxylation is 1. The van der Waals surface area contributed by atoms with Crippen LogP contribution in [0.4, 0.5) is 0 Å². The van der Waals surface area contributed by atoms with Crippen molar-refractivity contribution in [2.45, 2.75) is 17.8 Å². The Labute approximate surface area is 140 Å². The van der Waals surface area contributed by atoms with Crippen LogP contribution in [-0.2, 0) is 23.4 Å². The van der Waals surface area contributed by atoms with Crippen LogP contribution < -0.4 is 5.73 Å². The molecule has 8 heteroatoms. The fraction of sp³-hybridized carbons (Fsp3) is 0.533. The molecular weight excluding hydrogens is 336 g/mol. The highest BCUT2D eigenvalue weighted by Crippen LogP contribution is 2.35. The second-order valence-electron chi connectivity index (χ2n) is 6.59. The Bertz CT molecular complexity index is 879. The maximum Gasteiger partial charge on any atom is 0.156 e. The number of fused-ring (bicyclic) bond motifs is 2. The van der Waals surface area contributed by atoms with E-state index in [9.17, 15) is 8.42 Å². The fourth-order valence-electron chi connectivity index (χ4n) is 3.99. The van der Waals surface area contributed by atoms with Gasteiger partial charge in [0.05, 0.1) is 27.2 Å². The van der Waals surface area contributed by atoms with Crippen molar-refractivity contribution in [1.82, 2.24) is 14.7 Å². The molecule has 0 unspecified atom stereocenters. The molecule has 1 aromatic carbocycles. The number of nitrogens with two attached hydrogens (primary N) is 1. The van der Waals surface area contributed by atoms with Crippen LogP contribution in [0.25, 0.3) is 10.9 Å². The van der Waals surface area contributed by atoms with Gasteiger partial charge in [0.2, 0.25) is 0 Å². The van der Waals surface area contributed by atoms with Gasteiger partial charge in [-0.25, -0.2) is 8.42 Å². The quantitative estimate of drug-likeness (QED) is 0.862. The Morgan fingerprint density at radius 3 is 2.91 bits per heavy atom. The van der Waals surface area contributed by atoms with E-state index in [4.69, 9.17) is 17.3 Å². The van der Waals surface area contributed by atoms with Crippen molar-refractivity contribution in [1.29, 1.82) is 0 Å². The largest absolute Gasteiger partial charge is 0.326 e. The van der Waals surface area contributed by atoms with Gasteiger partial charge in [-0.15, -0.1) is 0 Å². The molecule has 0 amide bonds. The lowest BCUT2D eigenvalue weighted by Crippen LogP contribution is -2.33. The van der Waals surface area contributed by atoms with Gasteiger partial charge in [-0.05, 0) is 12.1 Å². The van der Waals surface area contributed by atoms with Crippen LogP contribution in [0.15, 0.2) is 18.2 Å². The van der Waals surface area contributed by atoms with Gasteiger partial charge in [-0.3, -0.25) is 9.58 Å². The normalized spacial score (nSPS) is 30.1. The maximum absolute atomic E-state index is 12.2. The Balaban J connectivity index is 1.64. The minimum Gasteiger partial charge on any atom is -0.326 e. The van der Waals surface area contributed by atoms with E-state index in [2.05, 4.69) is 10.00 Å². The van der Waals surface area contributed by atoms with Crippen LogP contribution >= 0.6 is 11.6 Å². The zero-order valence-electron chi connectivity index (χ0n) is 12.8. The monoisotopic (exact) mass is 354 g/mol. The summed E-state index contributed by atoms with van der Waals surface area (Å²) >= 11 is 6.34. The second-order valence-corrected chi connectivity index (χ2v) is 9.27. The summed E-state index contributed by atoms with van der Waals surface area (Å²) < 4.78 is 26.2. The third-order valence-corrected chi connectivity index (χ3v) is 7.68. The molecule has 124 valence electrons. The Morgan fingerprint density at radius 1 is 1.39 bits per heavy atom. The van der Waals surface area contributed by atoms with Crippen molar-refractivity contribution < 1.29 is 8.42 Å². The Hall–Kier alpha value is -1.15. The molecule has 0 saturated carbocycles. The molecule has 6 nitrogen and oxygen atoms in total. The molecule has 0 bridgehead atoms. The van der Waals surface area contributed by atoms with E-state index in [1.54, 1.807) is 0 Å². The number of hydrogen-bond acceptors (Lipinski definition) is 5. The molecule has 3 heterocycles. The van der Waals surface area contributed by atoms with Gasteiger partial charge in [-0.2, -0.15) is 5.10 Å². The summed E-state index contributed by atoms with van der Waals surface area (Å²) in [6.45, 7) is 1.83. The molecule has 2 aliphatic heterocycles. The number of sulfone groups is 1. The Morgan fingerprint density at radius 2 is 2.17 bits per heavy atom. The van der Waals surface area contributed by atoms with Crippen LogP contribution in [-0.4, -0.2) is 53.2 Å². The minimum atomic E-state index is -3.06. The molecule has 2 N–H and O–H groups in total. The van der Waals surface area contributed by atoms with E-state index >= 15 is 0 Å². The third-order valence-electron chi connectivity index (χ3n) is 5.09. The summed E-state index contributed by atoms with van der Waals surface area (Å²) in [6.07, 6.45) is 0. The maximum atomic E-state index is 12.2. The second kappa shape index (κ2) is 5.17. The number of likely N-dealkylation sites (tertiary alicyclic amines) is 1. The predicted molar refractivity (Wildman–Crippen MR) is 90.0 cm³/mol. The smallest absolute Gasteiger partial charge is 0.156 e. The highest BCUT2D eigenvalue weighted by Gasteiger charge is 2.50. The van der Waals surface area contributed by atoms with Gasteiger partial charge < -0.3 is 5.73 Å². The van der Waals surface area contributed by atoms with Gasteiger partial charge in [0.1, 0.15) is 0 Å². The highest BCUT2D eigenvalue weighted by molar-refractivity contribution is 7.92. The molecule has 0 spiro atoms. The zero-order valence-corrected chi connectivity index (χ0v) is 14.4. The molecule has 1 aromatic heterocycles. The van der Waals surface area contributed by atoms with E-state index in [1.165, 1.54) is 0 Å². The number of aromatic nitrogens is 2. The molecule has 4 rings (SSSR count). The first-order valence-corrected chi connectivity index (χ1v) is 9.76. The summed E-state index contributed by atoms with van der Waals surface area (Å²) in [4.78, 5) is 2.14. The number of nitrogens with zero attached hydrogens (tertiary/aromatic N) is 3. The van der Waals surface area contributed by atoms with Gasteiger partial charge in [0.15, 0.2) is 9.84 Å². The Kier molecular flexibility index (Phi) is 3.46. The number of halogens is 1. The van der Waals surface area contributed by atoms with Gasteiger partial charge in [-0.1, -0.05) is 17.7 Å². The molecule has 3 atom stereocenters. The molecule has 2 saturated heterocycles. The van der Waals surface area contributed by atoms with Crippen molar-refractivity contribution in [3.05, 3.63) is 28.9 Å². The zero-order chi connectivity index (χ0) is 16.4. The molecule has 2 fully saturated rings. The van der Waals surface area contributed by atoms with E-state index < -0.39 is 9.84 Å². The van der Waals surface area contributed by atoms with Gasteiger partial charge in [0, 0.05) is 44.0 Å². The van der Waals surface area contributed by atoms with Crippen molar-refractivity contribution in [3.63, 3.8) is 0 Å². The first kappa shape index (κ1) is 15.4. The van der Waals surface area contributed by atoms with Crippen molar-refractivity contribution >= 4 is 32.3 Å². The summed E-state index contributed by atoms with van der Waals surface area (Å²) in [5.41, 5.74) is 7.89. The van der Waals surface area contributed by atoms with Crippen LogP contribution in [0.3, 0.4) is 0 Å². The minimum absolute atomic E-state index is 0.0328. The van der Waals surface area contributed by atoms with Crippen LogP contribution in [0.1, 0.15) is 5.69 Å². The fourth-order valence-corrected chi connectivity index (χ4v) is 6.56. The van der Waals surface area contributed by atoms with E-state index in [-0.39, 0.29) is 23.0 Å².